The van der Waals surface area contributed by atoms with Crippen LogP contribution in [0, 0.1) is 17.8 Å². The summed E-state index contributed by atoms with van der Waals surface area (Å²) in [7, 11) is 0. The zero-order chi connectivity index (χ0) is 14.9. The molecule has 4 unspecified atom stereocenters. The number of nitrogens with one attached hydrogen (secondary N) is 1. The summed E-state index contributed by atoms with van der Waals surface area (Å²) in [4.78, 5) is 24.8. The fraction of sp³-hybridized carbons (Fsp3) is 0.857. The SMILES string of the molecule is CC(C)C(CC(=O)O)NC(=O)N1CC2CCC(O)C2C1. The average molecular weight is 284 g/mol. The van der Waals surface area contributed by atoms with Crippen molar-refractivity contribution in [2.24, 2.45) is 17.8 Å². The van der Waals surface area contributed by atoms with Crippen molar-refractivity contribution in [2.45, 2.75) is 45.3 Å². The van der Waals surface area contributed by atoms with Gasteiger partial charge < -0.3 is 20.4 Å². The number of aliphatic hydroxyl groups excluding tert-OH is 1. The number of hydrogen-bond donors (Lipinski definition) is 3. The first-order chi connectivity index (χ1) is 9.38. The van der Waals surface area contributed by atoms with Gasteiger partial charge in [-0.25, -0.2) is 4.79 Å². The highest BCUT2D eigenvalue weighted by Crippen LogP contribution is 2.38. The molecule has 0 aromatic carbocycles. The van der Waals surface area contributed by atoms with Crippen LogP contribution in [0.4, 0.5) is 4.79 Å². The van der Waals surface area contributed by atoms with E-state index in [9.17, 15) is 14.7 Å². The zero-order valence-corrected chi connectivity index (χ0v) is 12.1. The maximum atomic E-state index is 12.2. The van der Waals surface area contributed by atoms with Gasteiger partial charge in [0, 0.05) is 25.0 Å². The molecule has 1 saturated heterocycles. The molecular weight excluding hydrogens is 260 g/mol. The van der Waals surface area contributed by atoms with Crippen LogP contribution in [-0.4, -0.2) is 52.3 Å². The Bertz CT molecular complexity index is 385. The lowest BCUT2D eigenvalue weighted by molar-refractivity contribution is -0.137. The number of nitrogens with zero attached hydrogens (tertiary/aromatic N) is 1. The Kier molecular flexibility index (Phi) is 4.52. The van der Waals surface area contributed by atoms with Crippen LogP contribution in [0.1, 0.15) is 33.1 Å². The predicted octanol–water partition coefficient (Wildman–Crippen LogP) is 0.898. The van der Waals surface area contributed by atoms with E-state index >= 15 is 0 Å². The van der Waals surface area contributed by atoms with Crippen LogP contribution in [0.5, 0.6) is 0 Å². The highest BCUT2D eigenvalue weighted by Gasteiger charge is 2.43. The van der Waals surface area contributed by atoms with Gasteiger partial charge in [-0.05, 0) is 24.7 Å². The van der Waals surface area contributed by atoms with E-state index in [0.29, 0.717) is 19.0 Å². The van der Waals surface area contributed by atoms with Crippen LogP contribution >= 0.6 is 0 Å². The van der Waals surface area contributed by atoms with E-state index < -0.39 is 5.97 Å². The summed E-state index contributed by atoms with van der Waals surface area (Å²) in [6.45, 7) is 5.05. The van der Waals surface area contributed by atoms with Crippen LogP contribution < -0.4 is 5.32 Å². The minimum atomic E-state index is -0.905. The lowest BCUT2D eigenvalue weighted by atomic mass is 10.00. The fourth-order valence-electron chi connectivity index (χ4n) is 3.29. The molecule has 20 heavy (non-hydrogen) atoms. The minimum absolute atomic E-state index is 0.0628. The van der Waals surface area contributed by atoms with Crippen LogP contribution in [0.25, 0.3) is 0 Å². The summed E-state index contributed by atoms with van der Waals surface area (Å²) in [5.74, 6) is -0.245. The second-order valence-electron chi connectivity index (χ2n) is 6.37. The van der Waals surface area contributed by atoms with Gasteiger partial charge in [-0.1, -0.05) is 13.8 Å². The van der Waals surface area contributed by atoms with Crippen molar-refractivity contribution in [1.29, 1.82) is 0 Å². The van der Waals surface area contributed by atoms with E-state index in [4.69, 9.17) is 5.11 Å². The maximum Gasteiger partial charge on any atom is 0.317 e. The van der Waals surface area contributed by atoms with Gasteiger partial charge in [0.25, 0.3) is 0 Å². The van der Waals surface area contributed by atoms with Gasteiger partial charge in [-0.3, -0.25) is 4.79 Å². The van der Waals surface area contributed by atoms with Crippen molar-refractivity contribution in [1.82, 2.24) is 10.2 Å². The van der Waals surface area contributed by atoms with E-state index in [0.717, 1.165) is 12.8 Å². The van der Waals surface area contributed by atoms with Gasteiger partial charge in [0.1, 0.15) is 0 Å². The number of rotatable bonds is 4. The number of hydrogen-bond acceptors (Lipinski definition) is 3. The molecule has 0 radical (unpaired) electrons. The standard InChI is InChI=1S/C14H24N2O4/c1-8(2)11(5-13(18)19)15-14(20)16-6-9-3-4-12(17)10(9)7-16/h8-12,17H,3-7H2,1-2H3,(H,15,20)(H,18,19). The normalized spacial score (nSPS) is 30.4. The van der Waals surface area contributed by atoms with Crippen molar-refractivity contribution in [2.75, 3.05) is 13.1 Å². The van der Waals surface area contributed by atoms with Crippen molar-refractivity contribution in [3.63, 3.8) is 0 Å². The lowest BCUT2D eigenvalue weighted by Crippen LogP contribution is -2.47. The number of carbonyl (C=O) groups excluding carboxylic acids is 1. The predicted molar refractivity (Wildman–Crippen MR) is 73.2 cm³/mol. The molecule has 0 aromatic rings. The Morgan fingerprint density at radius 3 is 2.55 bits per heavy atom. The molecule has 114 valence electrons. The third-order valence-corrected chi connectivity index (χ3v) is 4.61. The van der Waals surface area contributed by atoms with Crippen molar-refractivity contribution < 1.29 is 19.8 Å². The number of amides is 2. The first kappa shape index (κ1) is 15.1. The Morgan fingerprint density at radius 1 is 1.30 bits per heavy atom. The monoisotopic (exact) mass is 284 g/mol. The number of urea groups is 1. The Balaban J connectivity index is 1.90. The number of carboxylic acids is 1. The molecule has 4 atom stereocenters. The summed E-state index contributed by atoms with van der Waals surface area (Å²) in [5.41, 5.74) is 0. The van der Waals surface area contributed by atoms with E-state index in [2.05, 4.69) is 5.32 Å². The van der Waals surface area contributed by atoms with E-state index in [1.807, 2.05) is 13.8 Å². The Morgan fingerprint density at radius 2 is 2.00 bits per heavy atom. The second-order valence-corrected chi connectivity index (χ2v) is 6.37. The fourth-order valence-corrected chi connectivity index (χ4v) is 3.29. The van der Waals surface area contributed by atoms with Crippen LogP contribution in [0.2, 0.25) is 0 Å². The van der Waals surface area contributed by atoms with Gasteiger partial charge in [0.15, 0.2) is 0 Å². The molecule has 0 aromatic heterocycles. The molecule has 6 heteroatoms. The Hall–Kier alpha value is -1.30. The van der Waals surface area contributed by atoms with E-state index in [1.165, 1.54) is 0 Å². The average Bonchev–Trinajstić information content (AvgIpc) is 2.90. The summed E-state index contributed by atoms with van der Waals surface area (Å²) in [5, 5.41) is 21.5. The van der Waals surface area contributed by atoms with Gasteiger partial charge in [-0.2, -0.15) is 0 Å². The minimum Gasteiger partial charge on any atom is -0.481 e. The molecule has 0 bridgehead atoms. The first-order valence-corrected chi connectivity index (χ1v) is 7.33. The summed E-state index contributed by atoms with van der Waals surface area (Å²) >= 11 is 0. The molecule has 2 rings (SSSR count). The third-order valence-electron chi connectivity index (χ3n) is 4.61. The summed E-state index contributed by atoms with van der Waals surface area (Å²) in [6.07, 6.45) is 1.45. The van der Waals surface area contributed by atoms with Crippen LogP contribution in [-0.2, 0) is 4.79 Å². The molecular formula is C14H24N2O4. The number of fused-ring (bicyclic) bond motifs is 1. The summed E-state index contributed by atoms with van der Waals surface area (Å²) < 4.78 is 0. The molecule has 1 heterocycles. The van der Waals surface area contributed by atoms with E-state index in [-0.39, 0.29) is 36.4 Å². The molecule has 3 N–H and O–H groups in total. The highest BCUT2D eigenvalue weighted by atomic mass is 16.4. The number of aliphatic carboxylic acids is 1. The molecule has 1 aliphatic carbocycles. The van der Waals surface area contributed by atoms with Gasteiger partial charge in [0.05, 0.1) is 12.5 Å². The van der Waals surface area contributed by atoms with Crippen molar-refractivity contribution in [3.05, 3.63) is 0 Å². The van der Waals surface area contributed by atoms with Crippen molar-refractivity contribution in [3.8, 4) is 0 Å². The van der Waals surface area contributed by atoms with Crippen LogP contribution in [0.15, 0.2) is 0 Å². The lowest BCUT2D eigenvalue weighted by Gasteiger charge is -2.25. The van der Waals surface area contributed by atoms with Gasteiger partial charge in [0.2, 0.25) is 0 Å². The number of carbonyl (C=O) groups is 2. The second kappa shape index (κ2) is 5.99. The maximum absolute atomic E-state index is 12.2. The number of aliphatic hydroxyl groups is 1. The van der Waals surface area contributed by atoms with Gasteiger partial charge in [-0.15, -0.1) is 0 Å². The van der Waals surface area contributed by atoms with Crippen molar-refractivity contribution >= 4 is 12.0 Å². The number of carboxylic acid groups (broad SMARTS) is 1. The highest BCUT2D eigenvalue weighted by molar-refractivity contribution is 5.76. The molecule has 2 aliphatic rings. The molecule has 0 spiro atoms. The molecule has 2 amide bonds. The summed E-state index contributed by atoms with van der Waals surface area (Å²) in [6, 6.07) is -0.558. The Labute approximate surface area is 119 Å². The number of likely N-dealkylation sites (tertiary alicyclic amines) is 1. The zero-order valence-electron chi connectivity index (χ0n) is 12.1. The smallest absolute Gasteiger partial charge is 0.317 e. The quantitative estimate of drug-likeness (QED) is 0.715. The topological polar surface area (TPSA) is 89.9 Å². The third kappa shape index (κ3) is 3.23. The van der Waals surface area contributed by atoms with Gasteiger partial charge >= 0.3 is 12.0 Å². The molecule has 1 aliphatic heterocycles. The molecule has 2 fully saturated rings. The molecule has 6 nitrogen and oxygen atoms in total. The van der Waals surface area contributed by atoms with E-state index in [1.54, 1.807) is 4.90 Å². The first-order valence-electron chi connectivity index (χ1n) is 7.33. The largest absolute Gasteiger partial charge is 0.481 e. The van der Waals surface area contributed by atoms with Crippen LogP contribution in [0.3, 0.4) is 0 Å². The molecule has 1 saturated carbocycles.